The number of oxazole rings is 1. The number of pyridine rings is 1. The van der Waals surface area contributed by atoms with Crippen LogP contribution in [-0.2, 0) is 0 Å². The molecule has 2 aliphatic rings. The predicted molar refractivity (Wildman–Crippen MR) is 182 cm³/mol. The fourth-order valence-electron chi connectivity index (χ4n) is 5.76. The maximum absolute atomic E-state index is 6.72. The second-order valence-electron chi connectivity index (χ2n) is 11.4. The average Bonchev–Trinajstić information content (AvgIpc) is 3.67. The van der Waals surface area contributed by atoms with Crippen molar-refractivity contribution in [3.8, 4) is 17.0 Å². The van der Waals surface area contributed by atoms with E-state index in [1.165, 1.54) is 18.4 Å². The molecule has 5 nitrogen and oxygen atoms in total. The normalized spacial score (nSPS) is 16.2. The van der Waals surface area contributed by atoms with E-state index >= 15 is 0 Å². The van der Waals surface area contributed by atoms with E-state index in [9.17, 15) is 0 Å². The molecule has 0 amide bonds. The number of aromatic nitrogens is 2. The van der Waals surface area contributed by atoms with Crippen molar-refractivity contribution >= 4 is 40.5 Å². The van der Waals surface area contributed by atoms with E-state index in [1.54, 1.807) is 6.07 Å². The number of nitrogens with zero attached hydrogens (tertiary/aromatic N) is 3. The molecule has 1 aliphatic heterocycles. The molecule has 0 spiro atoms. The van der Waals surface area contributed by atoms with Gasteiger partial charge in [0.15, 0.2) is 24.2 Å². The summed E-state index contributed by atoms with van der Waals surface area (Å²) in [6, 6.07) is 24.8. The van der Waals surface area contributed by atoms with Crippen molar-refractivity contribution in [2.24, 2.45) is 0 Å². The first-order valence-electron chi connectivity index (χ1n) is 14.6. The Kier molecular flexibility index (Phi) is 11.6. The van der Waals surface area contributed by atoms with Gasteiger partial charge in [0.1, 0.15) is 23.5 Å². The third-order valence-electron chi connectivity index (χ3n) is 8.31. The summed E-state index contributed by atoms with van der Waals surface area (Å²) in [5, 5.41) is 0.988. The topological polar surface area (TPSA) is 51.2 Å². The number of halogens is 2. The number of benzene rings is 3. The molecular formula is C37H38Cl2N3NaO2. The molecule has 228 valence electrons. The maximum atomic E-state index is 6.72. The van der Waals surface area contributed by atoms with E-state index < -0.39 is 0 Å². The molecule has 0 radical (unpaired) electrons. The van der Waals surface area contributed by atoms with Gasteiger partial charge in [0, 0.05) is 28.5 Å². The maximum Gasteiger partial charge on any atom is 1.00 e. The number of rotatable bonds is 8. The first-order chi connectivity index (χ1) is 20.5. The van der Waals surface area contributed by atoms with Gasteiger partial charge in [-0.25, -0.2) is 14.5 Å². The molecule has 45 heavy (non-hydrogen) atoms. The second-order valence-corrected chi connectivity index (χ2v) is 12.1. The van der Waals surface area contributed by atoms with Gasteiger partial charge in [-0.1, -0.05) is 72.6 Å². The molecule has 0 saturated heterocycles. The van der Waals surface area contributed by atoms with Crippen molar-refractivity contribution in [3.05, 3.63) is 126 Å². The van der Waals surface area contributed by atoms with E-state index in [0.29, 0.717) is 22.6 Å². The molecule has 5 aromatic rings. The van der Waals surface area contributed by atoms with Crippen molar-refractivity contribution in [3.63, 3.8) is 0 Å². The fourth-order valence-corrected chi connectivity index (χ4v) is 6.15. The Morgan fingerprint density at radius 2 is 1.76 bits per heavy atom. The van der Waals surface area contributed by atoms with Gasteiger partial charge in [-0.2, -0.15) is 0 Å². The summed E-state index contributed by atoms with van der Waals surface area (Å²) in [5.74, 6) is 2.41. The Labute approximate surface area is 299 Å². The Morgan fingerprint density at radius 1 is 0.978 bits per heavy atom. The number of hydrogen-bond donors (Lipinski definition) is 0. The minimum atomic E-state index is 0. The third-order valence-corrected chi connectivity index (χ3v) is 9.13. The molecular weight excluding hydrogens is 612 g/mol. The molecule has 3 heterocycles. The number of fused-ring (bicyclic) bond motifs is 2. The van der Waals surface area contributed by atoms with E-state index in [2.05, 4.69) is 79.2 Å². The number of hydrogen-bond acceptors (Lipinski definition) is 4. The second kappa shape index (κ2) is 14.8. The Balaban J connectivity index is 0.00000154. The van der Waals surface area contributed by atoms with Gasteiger partial charge in [0.25, 0.3) is 0 Å². The average molecular weight is 651 g/mol. The van der Waals surface area contributed by atoms with Crippen molar-refractivity contribution in [1.82, 2.24) is 9.97 Å². The van der Waals surface area contributed by atoms with Gasteiger partial charge < -0.3 is 24.0 Å². The molecule has 1 fully saturated rings. The van der Waals surface area contributed by atoms with Crippen molar-refractivity contribution in [1.29, 1.82) is 0 Å². The van der Waals surface area contributed by atoms with Crippen molar-refractivity contribution in [2.45, 2.75) is 44.4 Å². The zero-order valence-corrected chi connectivity index (χ0v) is 30.2. The summed E-state index contributed by atoms with van der Waals surface area (Å²) in [7, 11) is 0. The molecule has 2 aromatic heterocycles. The molecule has 1 saturated carbocycles. The smallest absolute Gasteiger partial charge is 0.490 e. The van der Waals surface area contributed by atoms with Gasteiger partial charge in [0.2, 0.25) is 0 Å². The fraction of sp³-hybridized carbons (Fsp3) is 0.270. The van der Waals surface area contributed by atoms with Crippen LogP contribution in [0.15, 0.2) is 77.2 Å². The molecule has 0 N–H and O–H groups in total. The van der Waals surface area contributed by atoms with Crippen LogP contribution in [0.2, 0.25) is 10.0 Å². The zero-order chi connectivity index (χ0) is 28.8. The SMILES string of the molecule is CC[N+](=Cc1ccc2nc(C3CC3)oc2c1)CC(c1ccccc1)c1cc2c(c(-c3cccc(Cl)c3Cl)n1)OCC2C.[CH3-].[CH3-].[Na+]. The van der Waals surface area contributed by atoms with E-state index in [-0.39, 0.29) is 56.2 Å². The molecule has 0 bridgehead atoms. The predicted octanol–water partition coefficient (Wildman–Crippen LogP) is 6.76. The van der Waals surface area contributed by atoms with Gasteiger partial charge in [-0.05, 0) is 55.7 Å². The van der Waals surface area contributed by atoms with Crippen molar-refractivity contribution in [2.75, 3.05) is 19.7 Å². The molecule has 2 atom stereocenters. The zero-order valence-electron chi connectivity index (χ0n) is 26.7. The minimum absolute atomic E-state index is 0. The van der Waals surface area contributed by atoms with E-state index in [0.717, 1.165) is 63.9 Å². The van der Waals surface area contributed by atoms with Crippen LogP contribution in [0.25, 0.3) is 22.4 Å². The third kappa shape index (κ3) is 7.18. The van der Waals surface area contributed by atoms with Gasteiger partial charge in [-0.15, -0.1) is 0 Å². The molecule has 1 aliphatic carbocycles. The summed E-state index contributed by atoms with van der Waals surface area (Å²) >= 11 is 13.2. The van der Waals surface area contributed by atoms with E-state index in [4.69, 9.17) is 42.3 Å². The van der Waals surface area contributed by atoms with Crippen LogP contribution in [0, 0.1) is 14.9 Å². The first-order valence-corrected chi connectivity index (χ1v) is 15.4. The summed E-state index contributed by atoms with van der Waals surface area (Å²) in [4.78, 5) is 9.95. The summed E-state index contributed by atoms with van der Waals surface area (Å²) < 4.78 is 14.6. The number of ether oxygens (including phenoxy) is 1. The monoisotopic (exact) mass is 649 g/mol. The first kappa shape index (κ1) is 35.2. The molecule has 8 heteroatoms. The Bertz CT molecular complexity index is 1820. The Hall–Kier alpha value is -2.67. The van der Waals surface area contributed by atoms with Crippen LogP contribution in [0.3, 0.4) is 0 Å². The van der Waals surface area contributed by atoms with E-state index in [1.807, 2.05) is 12.1 Å². The molecule has 7 rings (SSSR count). The largest absolute Gasteiger partial charge is 1.00 e. The van der Waals surface area contributed by atoms with Gasteiger partial charge in [0.05, 0.1) is 28.3 Å². The summed E-state index contributed by atoms with van der Waals surface area (Å²) in [5.41, 5.74) is 7.72. The molecule has 3 aromatic carbocycles. The van der Waals surface area contributed by atoms with Crippen molar-refractivity contribution < 1.29 is 43.3 Å². The van der Waals surface area contributed by atoms with Crippen LogP contribution in [0.4, 0.5) is 0 Å². The van der Waals surface area contributed by atoms with Crippen LogP contribution < -0.4 is 34.3 Å². The Morgan fingerprint density at radius 3 is 2.49 bits per heavy atom. The quantitative estimate of drug-likeness (QED) is 0.0807. The van der Waals surface area contributed by atoms with Gasteiger partial charge in [-0.3, -0.25) is 0 Å². The van der Waals surface area contributed by atoms with Crippen LogP contribution >= 0.6 is 23.2 Å². The van der Waals surface area contributed by atoms with Crippen LogP contribution in [-0.4, -0.2) is 40.5 Å². The summed E-state index contributed by atoms with van der Waals surface area (Å²) in [6.07, 6.45) is 4.55. The molecule has 2 unspecified atom stereocenters. The summed E-state index contributed by atoms with van der Waals surface area (Å²) in [6.45, 7) is 6.56. The van der Waals surface area contributed by atoms with Crippen LogP contribution in [0.5, 0.6) is 5.75 Å². The number of likely N-dealkylation sites (N-methyl/N-ethyl adjacent to an activating group) is 1. The standard InChI is InChI=1S/C35H32Cl2N3O2.2CH3.Na/c1-3-40(18-22-12-15-29-31(16-22)42-35(39-29)24-13-14-24)19-27(23-8-5-4-6-9-23)30-17-26-21(2)20-41-34(26)33(38-30)25-10-7-11-28(36)32(25)37;;;/h4-12,15-18,21,24,27H,3,13-14,19-20H2,1-2H3;2*1H3;/q+1;2*-1;+1. The minimum Gasteiger partial charge on any atom is -0.490 e. The van der Waals surface area contributed by atoms with Gasteiger partial charge >= 0.3 is 29.6 Å². The van der Waals surface area contributed by atoms with Crippen LogP contribution in [0.1, 0.15) is 72.7 Å².